The van der Waals surface area contributed by atoms with Crippen LogP contribution < -0.4 is 0 Å². The van der Waals surface area contributed by atoms with Crippen molar-refractivity contribution in [3.63, 3.8) is 0 Å². The summed E-state index contributed by atoms with van der Waals surface area (Å²) in [6.45, 7) is 6.35. The Morgan fingerprint density at radius 2 is 1.92 bits per heavy atom. The summed E-state index contributed by atoms with van der Waals surface area (Å²) >= 11 is 3.21. The van der Waals surface area contributed by atoms with Crippen LogP contribution in [-0.4, -0.2) is 35.8 Å². The highest BCUT2D eigenvalue weighted by molar-refractivity contribution is 9.10. The highest BCUT2D eigenvalue weighted by atomic mass is 79.9. The highest BCUT2D eigenvalue weighted by Gasteiger charge is 2.43. The molecule has 0 aromatic carbocycles. The van der Waals surface area contributed by atoms with Gasteiger partial charge in [0.15, 0.2) is 6.10 Å². The number of imidazole rings is 1. The number of H-pyrrole nitrogens is 1. The molecule has 0 aliphatic carbocycles. The minimum atomic E-state index is -4.50. The average Bonchev–Trinajstić information content (AvgIpc) is 2.91. The molecule has 1 unspecified atom stereocenters. The van der Waals surface area contributed by atoms with Gasteiger partial charge in [0, 0.05) is 26.4 Å². The van der Waals surface area contributed by atoms with Gasteiger partial charge < -0.3 is 9.72 Å². The molecule has 9 heteroatoms. The van der Waals surface area contributed by atoms with Gasteiger partial charge >= 0.3 is 6.18 Å². The summed E-state index contributed by atoms with van der Waals surface area (Å²) in [6.07, 6.45) is -3.80. The largest absolute Gasteiger partial charge is 0.420 e. The minimum Gasteiger partial charge on any atom is -0.363 e. The number of aromatic amines is 1. The van der Waals surface area contributed by atoms with Gasteiger partial charge in [-0.15, -0.1) is 0 Å². The summed E-state index contributed by atoms with van der Waals surface area (Å²) in [5.74, 6) is 0.327. The molecule has 132 valence electrons. The van der Waals surface area contributed by atoms with Gasteiger partial charge in [-0.3, -0.25) is 0 Å². The SMILES string of the molecule is C[Si](C)(C)CCOC(c1cnc(-c2ccc(Br)nc2)[nH]1)C(F)(F)F. The summed E-state index contributed by atoms with van der Waals surface area (Å²) in [7, 11) is -1.47. The van der Waals surface area contributed by atoms with Crippen molar-refractivity contribution in [1.29, 1.82) is 0 Å². The number of aromatic nitrogens is 3. The van der Waals surface area contributed by atoms with Crippen LogP contribution in [0, 0.1) is 0 Å². The van der Waals surface area contributed by atoms with Crippen molar-refractivity contribution in [2.45, 2.75) is 38.0 Å². The van der Waals surface area contributed by atoms with Crippen molar-refractivity contribution in [3.8, 4) is 11.4 Å². The van der Waals surface area contributed by atoms with E-state index in [1.807, 2.05) is 0 Å². The van der Waals surface area contributed by atoms with E-state index in [1.165, 1.54) is 12.4 Å². The van der Waals surface area contributed by atoms with Gasteiger partial charge in [-0.25, -0.2) is 9.97 Å². The lowest BCUT2D eigenvalue weighted by molar-refractivity contribution is -0.223. The summed E-state index contributed by atoms with van der Waals surface area (Å²) in [6, 6.07) is 4.08. The van der Waals surface area contributed by atoms with Crippen LogP contribution in [-0.2, 0) is 4.74 Å². The second kappa shape index (κ2) is 7.36. The van der Waals surface area contributed by atoms with Gasteiger partial charge in [0.25, 0.3) is 0 Å². The molecule has 4 nitrogen and oxygen atoms in total. The van der Waals surface area contributed by atoms with Crippen LogP contribution in [0.2, 0.25) is 25.7 Å². The zero-order chi connectivity index (χ0) is 18.0. The van der Waals surface area contributed by atoms with E-state index >= 15 is 0 Å². The van der Waals surface area contributed by atoms with Crippen LogP contribution in [0.5, 0.6) is 0 Å². The van der Waals surface area contributed by atoms with E-state index in [1.54, 1.807) is 12.1 Å². The molecule has 0 radical (unpaired) electrons. The monoisotopic (exact) mass is 421 g/mol. The second-order valence-electron chi connectivity index (χ2n) is 6.66. The van der Waals surface area contributed by atoms with Gasteiger partial charge in [-0.2, -0.15) is 13.2 Å². The predicted octanol–water partition coefficient (Wildman–Crippen LogP) is 5.19. The molecule has 2 aromatic rings. The highest BCUT2D eigenvalue weighted by Crippen LogP contribution is 2.36. The predicted molar refractivity (Wildman–Crippen MR) is 92.4 cm³/mol. The number of pyridine rings is 1. The van der Waals surface area contributed by atoms with Gasteiger partial charge in [-0.05, 0) is 34.1 Å². The normalized spacial score (nSPS) is 14.0. The van der Waals surface area contributed by atoms with Crippen LogP contribution in [0.25, 0.3) is 11.4 Å². The topological polar surface area (TPSA) is 50.8 Å². The first-order chi connectivity index (χ1) is 11.1. The molecule has 1 N–H and O–H groups in total. The third kappa shape index (κ3) is 5.42. The number of rotatable bonds is 6. The van der Waals surface area contributed by atoms with E-state index in [-0.39, 0.29) is 12.3 Å². The van der Waals surface area contributed by atoms with Crippen LogP contribution in [0.3, 0.4) is 0 Å². The number of hydrogen-bond donors (Lipinski definition) is 1. The Bertz CT molecular complexity index is 668. The first-order valence-corrected chi connectivity index (χ1v) is 11.9. The number of alkyl halides is 3. The van der Waals surface area contributed by atoms with Crippen molar-refractivity contribution in [1.82, 2.24) is 15.0 Å². The molecule has 0 spiro atoms. The van der Waals surface area contributed by atoms with E-state index < -0.39 is 20.4 Å². The Labute approximate surface area is 148 Å². The molecule has 0 amide bonds. The molecule has 1 atom stereocenters. The van der Waals surface area contributed by atoms with E-state index in [4.69, 9.17) is 4.74 Å². The fourth-order valence-corrected chi connectivity index (χ4v) is 2.94. The van der Waals surface area contributed by atoms with Crippen molar-refractivity contribution in [2.24, 2.45) is 0 Å². The molecule has 0 saturated carbocycles. The van der Waals surface area contributed by atoms with Crippen molar-refractivity contribution >= 4 is 24.0 Å². The number of ether oxygens (including phenoxy) is 1. The first kappa shape index (κ1) is 19.1. The molecule has 0 bridgehead atoms. The molecular weight excluding hydrogens is 403 g/mol. The Kier molecular flexibility index (Phi) is 5.87. The lowest BCUT2D eigenvalue weighted by Crippen LogP contribution is -2.27. The molecule has 0 aliphatic heterocycles. The maximum Gasteiger partial charge on any atom is 0.420 e. The summed E-state index contributed by atoms with van der Waals surface area (Å²) in [5, 5.41) is 0. The van der Waals surface area contributed by atoms with Crippen LogP contribution in [0.15, 0.2) is 29.1 Å². The Hall–Kier alpha value is -1.19. The summed E-state index contributed by atoms with van der Waals surface area (Å²) in [4.78, 5) is 10.8. The molecule has 0 aliphatic rings. The Balaban J connectivity index is 2.17. The van der Waals surface area contributed by atoms with E-state index in [0.29, 0.717) is 22.0 Å². The van der Waals surface area contributed by atoms with E-state index in [9.17, 15) is 13.2 Å². The molecule has 0 fully saturated rings. The summed E-state index contributed by atoms with van der Waals surface area (Å²) < 4.78 is 45.7. The van der Waals surface area contributed by atoms with Crippen molar-refractivity contribution in [3.05, 3.63) is 34.8 Å². The van der Waals surface area contributed by atoms with Gasteiger partial charge in [0.1, 0.15) is 10.4 Å². The number of hydrogen-bond acceptors (Lipinski definition) is 3. The average molecular weight is 422 g/mol. The van der Waals surface area contributed by atoms with Gasteiger partial charge in [-0.1, -0.05) is 19.6 Å². The van der Waals surface area contributed by atoms with Crippen LogP contribution in [0.4, 0.5) is 13.2 Å². The molecule has 2 aromatic heterocycles. The summed E-state index contributed by atoms with van der Waals surface area (Å²) in [5.41, 5.74) is 0.503. The molecule has 2 rings (SSSR count). The zero-order valence-corrected chi connectivity index (χ0v) is 16.2. The number of nitrogens with zero attached hydrogens (tertiary/aromatic N) is 2. The standard InChI is InChI=1S/C15H19BrF3N3OSi/c1-24(2,3)7-6-23-13(15(17,18)19)11-9-21-14(22-11)10-4-5-12(16)20-8-10/h4-5,8-9,13H,6-7H2,1-3H3,(H,21,22). The maximum atomic E-state index is 13.3. The lowest BCUT2D eigenvalue weighted by atomic mass is 10.2. The minimum absolute atomic E-state index is 0.0775. The van der Waals surface area contributed by atoms with Crippen LogP contribution in [0.1, 0.15) is 11.8 Å². The Morgan fingerprint density at radius 1 is 1.21 bits per heavy atom. The smallest absolute Gasteiger partial charge is 0.363 e. The third-order valence-electron chi connectivity index (χ3n) is 3.31. The van der Waals surface area contributed by atoms with Crippen LogP contribution >= 0.6 is 15.9 Å². The third-order valence-corrected chi connectivity index (χ3v) is 5.49. The zero-order valence-electron chi connectivity index (χ0n) is 13.6. The maximum absolute atomic E-state index is 13.3. The van der Waals surface area contributed by atoms with E-state index in [2.05, 4.69) is 50.5 Å². The van der Waals surface area contributed by atoms with E-state index in [0.717, 1.165) is 0 Å². The van der Waals surface area contributed by atoms with Crippen molar-refractivity contribution < 1.29 is 17.9 Å². The fourth-order valence-electron chi connectivity index (χ4n) is 1.97. The Morgan fingerprint density at radius 3 is 2.46 bits per heavy atom. The number of halogens is 4. The first-order valence-electron chi connectivity index (χ1n) is 7.41. The fraction of sp³-hybridized carbons (Fsp3) is 0.467. The quantitative estimate of drug-likeness (QED) is 0.515. The van der Waals surface area contributed by atoms with Gasteiger partial charge in [0.2, 0.25) is 0 Å². The number of nitrogens with one attached hydrogen (secondary N) is 1. The van der Waals surface area contributed by atoms with Gasteiger partial charge in [0.05, 0.1) is 11.9 Å². The molecular formula is C15H19BrF3N3OSi. The molecule has 24 heavy (non-hydrogen) atoms. The molecule has 0 saturated heterocycles. The molecule has 2 heterocycles. The van der Waals surface area contributed by atoms with Crippen molar-refractivity contribution in [2.75, 3.05) is 6.61 Å². The lowest BCUT2D eigenvalue weighted by Gasteiger charge is -2.22. The second-order valence-corrected chi connectivity index (χ2v) is 13.1.